The molecule has 6 heteroatoms. The summed E-state index contributed by atoms with van der Waals surface area (Å²) < 4.78 is 30.4. The Balaban J connectivity index is 1.56. The second-order valence-corrected chi connectivity index (χ2v) is 6.00. The Morgan fingerprint density at radius 2 is 1.92 bits per heavy atom. The molecule has 1 fully saturated rings. The Bertz CT molecular complexity index is 795. The number of hydrogen-bond donors (Lipinski definition) is 0. The lowest BCUT2D eigenvalue weighted by molar-refractivity contribution is -0.0231. The Morgan fingerprint density at radius 3 is 2.80 bits per heavy atom. The maximum atomic E-state index is 13.5. The van der Waals surface area contributed by atoms with Crippen molar-refractivity contribution in [3.05, 3.63) is 59.4 Å². The Kier molecular flexibility index (Phi) is 4.28. The Morgan fingerprint density at radius 1 is 1.08 bits per heavy atom. The van der Waals surface area contributed by atoms with E-state index >= 15 is 0 Å². The van der Waals surface area contributed by atoms with Gasteiger partial charge in [-0.25, -0.2) is 4.39 Å². The van der Waals surface area contributed by atoms with Crippen LogP contribution in [0.25, 0.3) is 0 Å². The highest BCUT2D eigenvalue weighted by atomic mass is 19.1. The number of carbonyl (C=O) groups excluding carboxylic acids is 1. The van der Waals surface area contributed by atoms with Crippen LogP contribution in [0.3, 0.4) is 0 Å². The molecule has 2 aliphatic rings. The minimum absolute atomic E-state index is 0.132. The Labute approximate surface area is 144 Å². The van der Waals surface area contributed by atoms with Crippen LogP contribution in [-0.2, 0) is 4.74 Å². The van der Waals surface area contributed by atoms with Gasteiger partial charge in [0, 0.05) is 6.54 Å². The van der Waals surface area contributed by atoms with E-state index < -0.39 is 0 Å². The first-order chi connectivity index (χ1) is 12.2. The molecule has 2 heterocycles. The van der Waals surface area contributed by atoms with Crippen LogP contribution in [0.4, 0.5) is 4.39 Å². The number of halogens is 1. The monoisotopic (exact) mass is 343 g/mol. The van der Waals surface area contributed by atoms with Gasteiger partial charge >= 0.3 is 0 Å². The van der Waals surface area contributed by atoms with Gasteiger partial charge in [0.05, 0.1) is 18.7 Å². The lowest BCUT2D eigenvalue weighted by Crippen LogP contribution is -2.42. The highest BCUT2D eigenvalue weighted by Gasteiger charge is 2.29. The van der Waals surface area contributed by atoms with Gasteiger partial charge in [0.2, 0.25) is 0 Å². The number of benzene rings is 2. The lowest BCUT2D eigenvalue weighted by Gasteiger charge is -2.34. The molecule has 4 rings (SSSR count). The molecule has 0 unspecified atom stereocenters. The number of ether oxygens (including phenoxy) is 3. The maximum absolute atomic E-state index is 13.5. The fourth-order valence-corrected chi connectivity index (χ4v) is 3.15. The van der Waals surface area contributed by atoms with Crippen LogP contribution in [0.15, 0.2) is 42.5 Å². The van der Waals surface area contributed by atoms with Crippen molar-refractivity contribution in [2.75, 3.05) is 32.9 Å². The second kappa shape index (κ2) is 6.72. The van der Waals surface area contributed by atoms with Gasteiger partial charge in [-0.3, -0.25) is 4.79 Å². The van der Waals surface area contributed by atoms with Crippen LogP contribution in [0, 0.1) is 5.82 Å². The average molecular weight is 343 g/mol. The summed E-state index contributed by atoms with van der Waals surface area (Å²) in [6.07, 6.45) is -0.342. The van der Waals surface area contributed by atoms with Crippen molar-refractivity contribution in [1.29, 1.82) is 0 Å². The summed E-state index contributed by atoms with van der Waals surface area (Å²) in [6.45, 7) is 2.15. The zero-order chi connectivity index (χ0) is 17.2. The summed E-state index contributed by atoms with van der Waals surface area (Å²) in [5, 5.41) is 0. The number of nitrogens with zero attached hydrogens (tertiary/aromatic N) is 1. The predicted molar refractivity (Wildman–Crippen MR) is 88.4 cm³/mol. The van der Waals surface area contributed by atoms with Crippen LogP contribution in [0.2, 0.25) is 0 Å². The van der Waals surface area contributed by atoms with E-state index in [1.807, 2.05) is 6.07 Å². The molecule has 5 nitrogen and oxygen atoms in total. The SMILES string of the molecule is O=C(c1cccc2c1OCCO2)N1CCO[C@@H](c2cccc(F)c2)C1. The first-order valence-corrected chi connectivity index (χ1v) is 8.27. The molecule has 0 N–H and O–H groups in total. The van der Waals surface area contributed by atoms with E-state index in [1.54, 1.807) is 29.2 Å². The highest BCUT2D eigenvalue weighted by Crippen LogP contribution is 2.35. The third-order valence-electron chi connectivity index (χ3n) is 4.37. The normalized spacial score (nSPS) is 19.6. The number of amides is 1. The molecule has 1 amide bonds. The van der Waals surface area contributed by atoms with E-state index in [2.05, 4.69) is 0 Å². The number of carbonyl (C=O) groups is 1. The standard InChI is InChI=1S/C19H18FNO4/c20-14-4-1-3-13(11-14)17-12-21(7-8-23-17)19(22)15-5-2-6-16-18(15)25-10-9-24-16/h1-6,11,17H,7-10,12H2/t17-/m1/s1. The van der Waals surface area contributed by atoms with Crippen LogP contribution in [-0.4, -0.2) is 43.7 Å². The van der Waals surface area contributed by atoms with Gasteiger partial charge in [-0.15, -0.1) is 0 Å². The molecule has 2 aromatic carbocycles. The van der Waals surface area contributed by atoms with Crippen LogP contribution >= 0.6 is 0 Å². The molecule has 1 atom stereocenters. The molecule has 130 valence electrons. The van der Waals surface area contributed by atoms with Gasteiger partial charge in [0.25, 0.3) is 5.91 Å². The Hall–Kier alpha value is -2.60. The van der Waals surface area contributed by atoms with Gasteiger partial charge in [0.15, 0.2) is 11.5 Å². The van der Waals surface area contributed by atoms with Crippen molar-refractivity contribution in [3.8, 4) is 11.5 Å². The number of hydrogen-bond acceptors (Lipinski definition) is 4. The van der Waals surface area contributed by atoms with E-state index in [9.17, 15) is 9.18 Å². The van der Waals surface area contributed by atoms with Gasteiger partial charge in [-0.1, -0.05) is 18.2 Å². The first-order valence-electron chi connectivity index (χ1n) is 8.27. The third-order valence-corrected chi connectivity index (χ3v) is 4.37. The van der Waals surface area contributed by atoms with Gasteiger partial charge in [-0.05, 0) is 29.8 Å². The lowest BCUT2D eigenvalue weighted by atomic mass is 10.1. The molecular weight excluding hydrogens is 325 g/mol. The van der Waals surface area contributed by atoms with Crippen molar-refractivity contribution in [3.63, 3.8) is 0 Å². The van der Waals surface area contributed by atoms with E-state index in [0.717, 1.165) is 5.56 Å². The molecule has 0 bridgehead atoms. The molecule has 0 aromatic heterocycles. The summed E-state index contributed by atoms with van der Waals surface area (Å²) >= 11 is 0. The molecular formula is C19H18FNO4. The summed E-state index contributed by atoms with van der Waals surface area (Å²) in [5.74, 6) is 0.638. The summed E-state index contributed by atoms with van der Waals surface area (Å²) in [7, 11) is 0. The number of rotatable bonds is 2. The van der Waals surface area contributed by atoms with Crippen LogP contribution in [0.5, 0.6) is 11.5 Å². The molecule has 0 radical (unpaired) electrons. The maximum Gasteiger partial charge on any atom is 0.257 e. The number of fused-ring (bicyclic) bond motifs is 1. The van der Waals surface area contributed by atoms with Gasteiger partial charge in [-0.2, -0.15) is 0 Å². The largest absolute Gasteiger partial charge is 0.486 e. The van der Waals surface area contributed by atoms with Crippen molar-refractivity contribution in [2.24, 2.45) is 0 Å². The highest BCUT2D eigenvalue weighted by molar-refractivity contribution is 5.98. The minimum Gasteiger partial charge on any atom is -0.486 e. The zero-order valence-electron chi connectivity index (χ0n) is 13.6. The fourth-order valence-electron chi connectivity index (χ4n) is 3.15. The molecule has 2 aliphatic heterocycles. The summed E-state index contributed by atoms with van der Waals surface area (Å²) in [4.78, 5) is 14.7. The van der Waals surface area contributed by atoms with Crippen molar-refractivity contribution in [2.45, 2.75) is 6.10 Å². The average Bonchev–Trinajstić information content (AvgIpc) is 2.67. The molecule has 25 heavy (non-hydrogen) atoms. The third kappa shape index (κ3) is 3.17. The topological polar surface area (TPSA) is 48.0 Å². The molecule has 2 aromatic rings. The molecule has 1 saturated heterocycles. The zero-order valence-corrected chi connectivity index (χ0v) is 13.6. The van der Waals surface area contributed by atoms with Crippen LogP contribution in [0.1, 0.15) is 22.0 Å². The van der Waals surface area contributed by atoms with Crippen molar-refractivity contribution < 1.29 is 23.4 Å². The van der Waals surface area contributed by atoms with Crippen molar-refractivity contribution >= 4 is 5.91 Å². The van der Waals surface area contributed by atoms with Crippen molar-refractivity contribution in [1.82, 2.24) is 4.90 Å². The van der Waals surface area contributed by atoms with E-state index in [0.29, 0.717) is 50.0 Å². The molecule has 0 saturated carbocycles. The second-order valence-electron chi connectivity index (χ2n) is 6.00. The van der Waals surface area contributed by atoms with Gasteiger partial charge < -0.3 is 19.1 Å². The smallest absolute Gasteiger partial charge is 0.257 e. The first kappa shape index (κ1) is 15.9. The van der Waals surface area contributed by atoms with E-state index in [-0.39, 0.29) is 17.8 Å². The van der Waals surface area contributed by atoms with E-state index in [4.69, 9.17) is 14.2 Å². The summed E-state index contributed by atoms with van der Waals surface area (Å²) in [5.41, 5.74) is 1.21. The molecule has 0 spiro atoms. The number of morpholine rings is 1. The summed E-state index contributed by atoms with van der Waals surface area (Å²) in [6, 6.07) is 11.6. The number of para-hydroxylation sites is 1. The van der Waals surface area contributed by atoms with Gasteiger partial charge in [0.1, 0.15) is 25.1 Å². The molecule has 0 aliphatic carbocycles. The quantitative estimate of drug-likeness (QED) is 0.841. The van der Waals surface area contributed by atoms with Crippen LogP contribution < -0.4 is 9.47 Å². The fraction of sp³-hybridized carbons (Fsp3) is 0.316. The predicted octanol–water partition coefficient (Wildman–Crippen LogP) is 2.81. The van der Waals surface area contributed by atoms with E-state index in [1.165, 1.54) is 12.1 Å². The minimum atomic E-state index is -0.342.